The summed E-state index contributed by atoms with van der Waals surface area (Å²) in [6.45, 7) is 4.60. The summed E-state index contributed by atoms with van der Waals surface area (Å²) in [7, 11) is 0. The highest BCUT2D eigenvalue weighted by Gasteiger charge is 2.25. The van der Waals surface area contributed by atoms with Crippen molar-refractivity contribution in [1.82, 2.24) is 9.97 Å². The van der Waals surface area contributed by atoms with Gasteiger partial charge in [-0.05, 0) is 37.2 Å². The fourth-order valence-electron chi connectivity index (χ4n) is 3.05. The predicted molar refractivity (Wildman–Crippen MR) is 82.3 cm³/mol. The summed E-state index contributed by atoms with van der Waals surface area (Å²) < 4.78 is 0. The van der Waals surface area contributed by atoms with Crippen LogP contribution in [0.2, 0.25) is 0 Å². The van der Waals surface area contributed by atoms with Crippen molar-refractivity contribution in [3.8, 4) is 0 Å². The molecule has 2 N–H and O–H groups in total. The van der Waals surface area contributed by atoms with Crippen molar-refractivity contribution in [2.45, 2.75) is 39.2 Å². The monoisotopic (exact) mass is 288 g/mol. The number of anilines is 1. The highest BCUT2D eigenvalue weighted by atomic mass is 16.6. The van der Waals surface area contributed by atoms with Gasteiger partial charge < -0.3 is 10.3 Å². The van der Waals surface area contributed by atoms with E-state index in [9.17, 15) is 10.1 Å². The Morgan fingerprint density at radius 2 is 2.14 bits per heavy atom. The Bertz CT molecular complexity index is 667. The molecule has 6 nitrogen and oxygen atoms in total. The van der Waals surface area contributed by atoms with E-state index < -0.39 is 4.92 Å². The zero-order valence-electron chi connectivity index (χ0n) is 12.3. The van der Waals surface area contributed by atoms with Crippen LogP contribution in [0, 0.1) is 22.0 Å². The summed E-state index contributed by atoms with van der Waals surface area (Å²) in [6, 6.07) is 5.11. The van der Waals surface area contributed by atoms with Gasteiger partial charge in [0.25, 0.3) is 5.69 Å². The maximum atomic E-state index is 10.8. The van der Waals surface area contributed by atoms with Crippen molar-refractivity contribution in [2.24, 2.45) is 11.8 Å². The number of H-pyrrole nitrogens is 1. The van der Waals surface area contributed by atoms with Crippen LogP contribution in [0.15, 0.2) is 18.2 Å². The lowest BCUT2D eigenvalue weighted by molar-refractivity contribution is -0.384. The number of benzene rings is 1. The first kappa shape index (κ1) is 13.9. The van der Waals surface area contributed by atoms with Gasteiger partial charge in [-0.1, -0.05) is 13.8 Å². The maximum Gasteiger partial charge on any atom is 0.271 e. The minimum Gasteiger partial charge on any atom is -0.353 e. The second-order valence-electron chi connectivity index (χ2n) is 6.15. The number of aromatic nitrogens is 2. The predicted octanol–water partition coefficient (Wildman–Crippen LogP) is 3.71. The standard InChI is InChI=1S/C15H20N4O2/c1-9-3-4-11(7-10(9)2)16-15-17-13-6-5-12(19(20)21)8-14(13)18-15/h5-6,8-11H,3-4,7H2,1-2H3,(H2,16,17,18). The molecule has 1 aromatic heterocycles. The highest BCUT2D eigenvalue weighted by Crippen LogP contribution is 2.31. The molecule has 1 fully saturated rings. The van der Waals surface area contributed by atoms with E-state index in [2.05, 4.69) is 29.1 Å². The van der Waals surface area contributed by atoms with Gasteiger partial charge in [-0.25, -0.2) is 4.98 Å². The van der Waals surface area contributed by atoms with Crippen molar-refractivity contribution >= 4 is 22.7 Å². The molecule has 0 radical (unpaired) electrons. The van der Waals surface area contributed by atoms with Crippen molar-refractivity contribution < 1.29 is 4.92 Å². The minimum atomic E-state index is -0.391. The normalized spacial score (nSPS) is 25.9. The number of hydrogen-bond acceptors (Lipinski definition) is 4. The fourth-order valence-corrected chi connectivity index (χ4v) is 3.05. The molecule has 6 heteroatoms. The van der Waals surface area contributed by atoms with Crippen LogP contribution >= 0.6 is 0 Å². The molecule has 3 unspecified atom stereocenters. The second-order valence-corrected chi connectivity index (χ2v) is 6.15. The Morgan fingerprint density at radius 3 is 2.86 bits per heavy atom. The van der Waals surface area contributed by atoms with Crippen molar-refractivity contribution in [1.29, 1.82) is 0 Å². The third-order valence-corrected chi connectivity index (χ3v) is 4.62. The van der Waals surface area contributed by atoms with Crippen LogP contribution in [0.5, 0.6) is 0 Å². The largest absolute Gasteiger partial charge is 0.353 e. The molecule has 1 saturated carbocycles. The van der Waals surface area contributed by atoms with Gasteiger partial charge in [0.1, 0.15) is 0 Å². The molecule has 0 saturated heterocycles. The molecule has 0 spiro atoms. The van der Waals surface area contributed by atoms with Crippen LogP contribution in [0.3, 0.4) is 0 Å². The SMILES string of the molecule is CC1CCC(Nc2nc3ccc([N+](=O)[O-])cc3[nH]2)CC1C. The Morgan fingerprint density at radius 1 is 1.33 bits per heavy atom. The number of aromatic amines is 1. The van der Waals surface area contributed by atoms with Gasteiger partial charge in [-0.2, -0.15) is 0 Å². The van der Waals surface area contributed by atoms with Crippen LogP contribution in [0.4, 0.5) is 11.6 Å². The quantitative estimate of drug-likeness (QED) is 0.666. The summed E-state index contributed by atoms with van der Waals surface area (Å²) >= 11 is 0. The summed E-state index contributed by atoms with van der Waals surface area (Å²) in [5.41, 5.74) is 1.53. The zero-order valence-corrected chi connectivity index (χ0v) is 12.3. The van der Waals surface area contributed by atoms with Gasteiger partial charge in [-0.3, -0.25) is 10.1 Å². The summed E-state index contributed by atoms with van der Waals surface area (Å²) in [5, 5.41) is 14.2. The molecule has 1 aliphatic carbocycles. The first-order chi connectivity index (χ1) is 10.0. The lowest BCUT2D eigenvalue weighted by Gasteiger charge is -2.32. The summed E-state index contributed by atoms with van der Waals surface area (Å²) in [5.74, 6) is 2.19. The molecular weight excluding hydrogens is 268 g/mol. The van der Waals surface area contributed by atoms with E-state index in [0.717, 1.165) is 24.3 Å². The molecule has 2 aromatic rings. The van der Waals surface area contributed by atoms with Crippen LogP contribution in [-0.2, 0) is 0 Å². The summed E-state index contributed by atoms with van der Waals surface area (Å²) in [6.07, 6.45) is 3.51. The van der Waals surface area contributed by atoms with Crippen molar-refractivity contribution in [3.63, 3.8) is 0 Å². The molecule has 1 aliphatic rings. The molecule has 0 bridgehead atoms. The Kier molecular flexibility index (Phi) is 3.53. The van der Waals surface area contributed by atoms with Gasteiger partial charge in [-0.15, -0.1) is 0 Å². The van der Waals surface area contributed by atoms with Crippen LogP contribution in [-0.4, -0.2) is 20.9 Å². The topological polar surface area (TPSA) is 83.8 Å². The number of nitrogens with one attached hydrogen (secondary N) is 2. The van der Waals surface area contributed by atoms with Crippen LogP contribution in [0.25, 0.3) is 11.0 Å². The van der Waals surface area contributed by atoms with E-state index in [0.29, 0.717) is 23.4 Å². The third-order valence-electron chi connectivity index (χ3n) is 4.62. The van der Waals surface area contributed by atoms with E-state index in [1.807, 2.05) is 0 Å². The van der Waals surface area contributed by atoms with Crippen LogP contribution < -0.4 is 5.32 Å². The van der Waals surface area contributed by atoms with Gasteiger partial charge in [0.2, 0.25) is 5.95 Å². The number of nitro groups is 1. The highest BCUT2D eigenvalue weighted by molar-refractivity contribution is 5.79. The number of non-ortho nitro benzene ring substituents is 1. The maximum absolute atomic E-state index is 10.8. The molecule has 1 aromatic carbocycles. The molecule has 112 valence electrons. The van der Waals surface area contributed by atoms with Gasteiger partial charge >= 0.3 is 0 Å². The molecular formula is C15H20N4O2. The first-order valence-corrected chi connectivity index (χ1v) is 7.43. The molecule has 1 heterocycles. The third kappa shape index (κ3) is 2.84. The second kappa shape index (κ2) is 5.35. The zero-order chi connectivity index (χ0) is 15.0. The number of nitrogens with zero attached hydrogens (tertiary/aromatic N) is 2. The summed E-state index contributed by atoms with van der Waals surface area (Å²) in [4.78, 5) is 18.0. The average molecular weight is 288 g/mol. The van der Waals surface area contributed by atoms with Gasteiger partial charge in [0, 0.05) is 18.2 Å². The number of nitro benzene ring substituents is 1. The van der Waals surface area contributed by atoms with E-state index in [1.54, 1.807) is 6.07 Å². The lowest BCUT2D eigenvalue weighted by atomic mass is 9.79. The van der Waals surface area contributed by atoms with E-state index in [-0.39, 0.29) is 5.69 Å². The molecule has 0 amide bonds. The number of hydrogen-bond donors (Lipinski definition) is 2. The van der Waals surface area contributed by atoms with Gasteiger partial charge in [0.15, 0.2) is 0 Å². The van der Waals surface area contributed by atoms with Crippen LogP contribution in [0.1, 0.15) is 33.1 Å². The van der Waals surface area contributed by atoms with Gasteiger partial charge in [0.05, 0.1) is 16.0 Å². The Balaban J connectivity index is 1.77. The number of rotatable bonds is 3. The molecule has 21 heavy (non-hydrogen) atoms. The molecule has 0 aliphatic heterocycles. The molecule has 3 atom stereocenters. The first-order valence-electron chi connectivity index (χ1n) is 7.43. The Hall–Kier alpha value is -2.11. The van der Waals surface area contributed by atoms with E-state index in [1.165, 1.54) is 18.6 Å². The van der Waals surface area contributed by atoms with Crippen molar-refractivity contribution in [3.05, 3.63) is 28.3 Å². The fraction of sp³-hybridized carbons (Fsp3) is 0.533. The molecule has 3 rings (SSSR count). The van der Waals surface area contributed by atoms with E-state index >= 15 is 0 Å². The lowest BCUT2D eigenvalue weighted by Crippen LogP contribution is -2.30. The van der Waals surface area contributed by atoms with E-state index in [4.69, 9.17) is 0 Å². The number of fused-ring (bicyclic) bond motifs is 1. The van der Waals surface area contributed by atoms with Crippen molar-refractivity contribution in [2.75, 3.05) is 5.32 Å². The Labute approximate surface area is 123 Å². The minimum absolute atomic E-state index is 0.0813. The smallest absolute Gasteiger partial charge is 0.271 e. The number of imidazole rings is 1. The average Bonchev–Trinajstić information content (AvgIpc) is 2.84.